The largest absolute Gasteiger partial charge is 0.306 e. The van der Waals surface area contributed by atoms with E-state index in [4.69, 9.17) is 0 Å². The van der Waals surface area contributed by atoms with Gasteiger partial charge in [-0.15, -0.1) is 0 Å². The molecule has 1 amide bonds. The lowest BCUT2D eigenvalue weighted by atomic mass is 10.1. The maximum Gasteiger partial charge on any atom is 0.260 e. The number of carbonyl (C=O) groups is 1. The number of carbonyl (C=O) groups excluding carboxylic acids is 1. The van der Waals surface area contributed by atoms with Crippen LogP contribution in [0.15, 0.2) is 34.3 Å². The summed E-state index contributed by atoms with van der Waals surface area (Å²) in [7, 11) is 0. The van der Waals surface area contributed by atoms with Crippen molar-refractivity contribution in [2.24, 2.45) is 5.10 Å². The number of hydrogen-bond donors (Lipinski definition) is 1. The van der Waals surface area contributed by atoms with Gasteiger partial charge in [-0.2, -0.15) is 5.10 Å². The van der Waals surface area contributed by atoms with E-state index >= 15 is 0 Å². The molecule has 0 saturated heterocycles. The van der Waals surface area contributed by atoms with Gasteiger partial charge in [0.25, 0.3) is 11.5 Å². The zero-order valence-electron chi connectivity index (χ0n) is 11.6. The zero-order valence-corrected chi connectivity index (χ0v) is 11.6. The van der Waals surface area contributed by atoms with Crippen molar-refractivity contribution in [3.05, 3.63) is 34.7 Å². The van der Waals surface area contributed by atoms with Gasteiger partial charge in [0.2, 0.25) is 0 Å². The SMILES string of the molecule is CCCC(CCC)=NNC(=O)Cn1ccccc1=O. The zero-order chi connectivity index (χ0) is 14.1. The third-order valence-corrected chi connectivity index (χ3v) is 2.63. The van der Waals surface area contributed by atoms with Crippen LogP contribution < -0.4 is 11.0 Å². The predicted molar refractivity (Wildman–Crippen MR) is 76.1 cm³/mol. The topological polar surface area (TPSA) is 63.5 Å². The van der Waals surface area contributed by atoms with Crippen LogP contribution in [0.5, 0.6) is 0 Å². The predicted octanol–water partition coefficient (Wildman–Crippen LogP) is 1.92. The Bertz CT molecular complexity index is 483. The number of pyridine rings is 1. The maximum absolute atomic E-state index is 11.7. The number of hydrazone groups is 1. The first-order chi connectivity index (χ1) is 9.17. The Hall–Kier alpha value is -1.91. The molecule has 19 heavy (non-hydrogen) atoms. The van der Waals surface area contributed by atoms with Crippen molar-refractivity contribution in [3.63, 3.8) is 0 Å². The molecule has 0 atom stereocenters. The lowest BCUT2D eigenvalue weighted by Crippen LogP contribution is -2.29. The van der Waals surface area contributed by atoms with Gasteiger partial charge in [-0.1, -0.05) is 32.8 Å². The van der Waals surface area contributed by atoms with Crippen LogP contribution in [0.2, 0.25) is 0 Å². The maximum atomic E-state index is 11.7. The molecule has 1 aromatic rings. The second kappa shape index (κ2) is 8.24. The molecule has 0 fully saturated rings. The highest BCUT2D eigenvalue weighted by atomic mass is 16.2. The molecule has 0 unspecified atom stereocenters. The molecule has 0 aliphatic rings. The molecule has 5 heteroatoms. The Balaban J connectivity index is 2.57. The highest BCUT2D eigenvalue weighted by Crippen LogP contribution is 1.99. The van der Waals surface area contributed by atoms with E-state index in [0.29, 0.717) is 0 Å². The summed E-state index contributed by atoms with van der Waals surface area (Å²) in [6.45, 7) is 4.15. The number of nitrogens with one attached hydrogen (secondary N) is 1. The molecule has 104 valence electrons. The normalized spacial score (nSPS) is 10.0. The van der Waals surface area contributed by atoms with Crippen molar-refractivity contribution in [1.82, 2.24) is 9.99 Å². The van der Waals surface area contributed by atoms with Gasteiger partial charge in [0.15, 0.2) is 0 Å². The molecule has 1 N–H and O–H groups in total. The van der Waals surface area contributed by atoms with Gasteiger partial charge in [-0.25, -0.2) is 5.43 Å². The summed E-state index contributed by atoms with van der Waals surface area (Å²) in [6.07, 6.45) is 5.38. The van der Waals surface area contributed by atoms with Crippen LogP contribution in [0.4, 0.5) is 0 Å². The van der Waals surface area contributed by atoms with Gasteiger partial charge in [0.1, 0.15) is 6.54 Å². The molecule has 0 saturated carbocycles. The minimum Gasteiger partial charge on any atom is -0.306 e. The Morgan fingerprint density at radius 1 is 1.26 bits per heavy atom. The van der Waals surface area contributed by atoms with E-state index in [1.165, 1.54) is 10.6 Å². The van der Waals surface area contributed by atoms with Gasteiger partial charge in [-0.05, 0) is 18.9 Å². The number of nitrogens with zero attached hydrogens (tertiary/aromatic N) is 2. The molecule has 0 radical (unpaired) electrons. The summed E-state index contributed by atoms with van der Waals surface area (Å²) in [4.78, 5) is 23.1. The molecule has 1 aromatic heterocycles. The van der Waals surface area contributed by atoms with Crippen LogP contribution in [0.1, 0.15) is 39.5 Å². The molecule has 0 aliphatic heterocycles. The van der Waals surface area contributed by atoms with E-state index in [-0.39, 0.29) is 18.0 Å². The third-order valence-electron chi connectivity index (χ3n) is 2.63. The minimum atomic E-state index is -0.280. The highest BCUT2D eigenvalue weighted by molar-refractivity contribution is 5.86. The summed E-state index contributed by atoms with van der Waals surface area (Å²) >= 11 is 0. The van der Waals surface area contributed by atoms with Gasteiger partial charge >= 0.3 is 0 Å². The number of rotatable bonds is 7. The molecule has 0 aliphatic carbocycles. The summed E-state index contributed by atoms with van der Waals surface area (Å²) in [6, 6.07) is 4.79. The number of hydrogen-bond acceptors (Lipinski definition) is 3. The average molecular weight is 263 g/mol. The molecular weight excluding hydrogens is 242 g/mol. The summed E-state index contributed by atoms with van der Waals surface area (Å²) in [5.74, 6) is -0.280. The van der Waals surface area contributed by atoms with E-state index in [9.17, 15) is 9.59 Å². The van der Waals surface area contributed by atoms with Crippen molar-refractivity contribution < 1.29 is 4.79 Å². The summed E-state index contributed by atoms with van der Waals surface area (Å²) < 4.78 is 1.35. The summed E-state index contributed by atoms with van der Waals surface area (Å²) in [5.41, 5.74) is 3.33. The second-order valence-corrected chi connectivity index (χ2v) is 4.38. The van der Waals surface area contributed by atoms with Crippen molar-refractivity contribution in [2.75, 3.05) is 0 Å². The first-order valence-electron chi connectivity index (χ1n) is 6.67. The Labute approximate surface area is 113 Å². The van der Waals surface area contributed by atoms with Crippen LogP contribution in [0.3, 0.4) is 0 Å². The van der Waals surface area contributed by atoms with Crippen molar-refractivity contribution >= 4 is 11.6 Å². The molecule has 1 rings (SSSR count). The fourth-order valence-corrected chi connectivity index (χ4v) is 1.74. The average Bonchev–Trinajstić information content (AvgIpc) is 2.39. The van der Waals surface area contributed by atoms with E-state index in [0.717, 1.165) is 31.4 Å². The lowest BCUT2D eigenvalue weighted by molar-refractivity contribution is -0.121. The van der Waals surface area contributed by atoms with E-state index < -0.39 is 0 Å². The van der Waals surface area contributed by atoms with Crippen LogP contribution in [-0.4, -0.2) is 16.2 Å². The van der Waals surface area contributed by atoms with Gasteiger partial charge in [-0.3, -0.25) is 9.59 Å². The second-order valence-electron chi connectivity index (χ2n) is 4.38. The monoisotopic (exact) mass is 263 g/mol. The van der Waals surface area contributed by atoms with Gasteiger partial charge < -0.3 is 4.57 Å². The molecule has 5 nitrogen and oxygen atoms in total. The molecule has 0 bridgehead atoms. The van der Waals surface area contributed by atoms with E-state index in [1.54, 1.807) is 18.3 Å². The minimum absolute atomic E-state index is 0.00525. The fraction of sp³-hybridized carbons (Fsp3) is 0.500. The van der Waals surface area contributed by atoms with Crippen LogP contribution in [-0.2, 0) is 11.3 Å². The molecule has 0 aromatic carbocycles. The number of aromatic nitrogens is 1. The first-order valence-corrected chi connectivity index (χ1v) is 6.67. The Morgan fingerprint density at radius 3 is 2.53 bits per heavy atom. The Kier molecular flexibility index (Phi) is 6.57. The van der Waals surface area contributed by atoms with Crippen LogP contribution in [0.25, 0.3) is 0 Å². The smallest absolute Gasteiger partial charge is 0.260 e. The standard InChI is InChI=1S/C14H21N3O2/c1-3-7-12(8-4-2)15-16-13(18)11-17-10-6-5-9-14(17)19/h5-6,9-10H,3-4,7-8,11H2,1-2H3,(H,16,18). The first kappa shape index (κ1) is 15.1. The van der Waals surface area contributed by atoms with Crippen molar-refractivity contribution in [3.8, 4) is 0 Å². The van der Waals surface area contributed by atoms with Crippen molar-refractivity contribution in [2.45, 2.75) is 46.1 Å². The molecule has 0 spiro atoms. The van der Waals surface area contributed by atoms with Crippen LogP contribution in [0, 0.1) is 0 Å². The molecular formula is C14H21N3O2. The van der Waals surface area contributed by atoms with Crippen molar-refractivity contribution in [1.29, 1.82) is 0 Å². The van der Waals surface area contributed by atoms with Crippen LogP contribution >= 0.6 is 0 Å². The van der Waals surface area contributed by atoms with Gasteiger partial charge in [0, 0.05) is 18.0 Å². The lowest BCUT2D eigenvalue weighted by Gasteiger charge is -2.06. The van der Waals surface area contributed by atoms with Gasteiger partial charge in [0.05, 0.1) is 0 Å². The fourth-order valence-electron chi connectivity index (χ4n) is 1.74. The number of amides is 1. The molecule has 1 heterocycles. The highest BCUT2D eigenvalue weighted by Gasteiger charge is 2.03. The van der Waals surface area contributed by atoms with E-state index in [2.05, 4.69) is 24.4 Å². The third kappa shape index (κ3) is 5.50. The quantitative estimate of drug-likeness (QED) is 0.603. The summed E-state index contributed by atoms with van der Waals surface area (Å²) in [5, 5.41) is 4.13. The Morgan fingerprint density at radius 2 is 1.95 bits per heavy atom. The van der Waals surface area contributed by atoms with E-state index in [1.807, 2.05) is 0 Å².